The lowest BCUT2D eigenvalue weighted by Crippen LogP contribution is -2.40. The summed E-state index contributed by atoms with van der Waals surface area (Å²) in [4.78, 5) is 4.00. The number of hydrogen-bond acceptors (Lipinski definition) is 3. The van der Waals surface area contributed by atoms with Gasteiger partial charge in [0.1, 0.15) is 0 Å². The Morgan fingerprint density at radius 1 is 1.40 bits per heavy atom. The van der Waals surface area contributed by atoms with Crippen LogP contribution in [0.5, 0.6) is 0 Å². The number of nitrogens with zero attached hydrogens (tertiary/aromatic N) is 1. The number of nitrogens with one attached hydrogen (secondary N) is 1. The van der Waals surface area contributed by atoms with Gasteiger partial charge in [-0.1, -0.05) is 19.9 Å². The van der Waals surface area contributed by atoms with E-state index in [-0.39, 0.29) is 0 Å². The number of rotatable bonds is 6. The van der Waals surface area contributed by atoms with Gasteiger partial charge in [-0.25, -0.2) is 0 Å². The molecule has 0 bridgehead atoms. The fourth-order valence-electron chi connectivity index (χ4n) is 3.10. The molecular formula is C17H30N2S. The third kappa shape index (κ3) is 4.57. The van der Waals surface area contributed by atoms with Crippen molar-refractivity contribution in [1.29, 1.82) is 0 Å². The average Bonchev–Trinajstić information content (AvgIpc) is 2.92. The summed E-state index contributed by atoms with van der Waals surface area (Å²) in [5, 5.41) is 5.80. The average molecular weight is 295 g/mol. The van der Waals surface area contributed by atoms with Gasteiger partial charge in [-0.2, -0.15) is 0 Å². The molecule has 3 heteroatoms. The summed E-state index contributed by atoms with van der Waals surface area (Å²) >= 11 is 1.84. The highest BCUT2D eigenvalue weighted by Crippen LogP contribution is 2.36. The Bertz CT molecular complexity index is 376. The van der Waals surface area contributed by atoms with E-state index in [1.165, 1.54) is 30.6 Å². The van der Waals surface area contributed by atoms with Crippen LogP contribution >= 0.6 is 11.3 Å². The molecular weight excluding hydrogens is 264 g/mol. The number of thiophene rings is 1. The minimum atomic E-state index is 0.480. The van der Waals surface area contributed by atoms with Crippen LogP contribution in [0.4, 0.5) is 0 Å². The third-order valence-corrected chi connectivity index (χ3v) is 5.87. The Morgan fingerprint density at radius 2 is 2.10 bits per heavy atom. The molecule has 1 saturated carbocycles. The van der Waals surface area contributed by atoms with Crippen molar-refractivity contribution >= 4 is 11.3 Å². The lowest BCUT2D eigenvalue weighted by Gasteiger charge is -2.38. The van der Waals surface area contributed by atoms with Crippen LogP contribution in [-0.4, -0.2) is 31.1 Å². The largest absolute Gasteiger partial charge is 0.308 e. The zero-order valence-electron chi connectivity index (χ0n) is 13.5. The van der Waals surface area contributed by atoms with Crippen LogP contribution in [0, 0.1) is 5.41 Å². The lowest BCUT2D eigenvalue weighted by atomic mass is 9.75. The third-order valence-electron chi connectivity index (χ3n) is 4.82. The second-order valence-corrected chi connectivity index (χ2v) is 8.05. The molecule has 0 radical (unpaired) electrons. The van der Waals surface area contributed by atoms with Crippen LogP contribution in [0.2, 0.25) is 0 Å². The molecule has 1 atom stereocenters. The normalized spacial score (nSPS) is 21.2. The van der Waals surface area contributed by atoms with Gasteiger partial charge in [0.25, 0.3) is 0 Å². The van der Waals surface area contributed by atoms with Gasteiger partial charge in [0, 0.05) is 30.1 Å². The molecule has 1 fully saturated rings. The summed E-state index contributed by atoms with van der Waals surface area (Å²) < 4.78 is 0. The Kier molecular flexibility index (Phi) is 5.65. The first kappa shape index (κ1) is 16.0. The van der Waals surface area contributed by atoms with Gasteiger partial charge in [0.15, 0.2) is 0 Å². The van der Waals surface area contributed by atoms with Crippen molar-refractivity contribution in [3.63, 3.8) is 0 Å². The minimum Gasteiger partial charge on any atom is -0.308 e. The van der Waals surface area contributed by atoms with E-state index in [4.69, 9.17) is 0 Å². The molecule has 2 nitrogen and oxygen atoms in total. The molecule has 0 saturated heterocycles. The molecule has 0 aliphatic heterocycles. The molecule has 0 aromatic carbocycles. The molecule has 1 aromatic rings. The lowest BCUT2D eigenvalue weighted by molar-refractivity contribution is 0.127. The predicted octanol–water partition coefficient (Wildman–Crippen LogP) is 4.30. The Balaban J connectivity index is 1.67. The Hall–Kier alpha value is -0.380. The molecule has 1 heterocycles. The Labute approximate surface area is 128 Å². The van der Waals surface area contributed by atoms with Crippen LogP contribution < -0.4 is 5.32 Å². The van der Waals surface area contributed by atoms with Crippen molar-refractivity contribution in [2.45, 2.75) is 58.5 Å². The maximum Gasteiger partial charge on any atom is 0.0386 e. The van der Waals surface area contributed by atoms with Gasteiger partial charge >= 0.3 is 0 Å². The Morgan fingerprint density at radius 3 is 2.70 bits per heavy atom. The zero-order chi connectivity index (χ0) is 14.6. The first-order valence-corrected chi connectivity index (χ1v) is 8.83. The monoisotopic (exact) mass is 294 g/mol. The fraction of sp³-hybridized carbons (Fsp3) is 0.765. The maximum absolute atomic E-state index is 3.64. The highest BCUT2D eigenvalue weighted by molar-refractivity contribution is 7.10. The molecule has 114 valence electrons. The molecule has 20 heavy (non-hydrogen) atoms. The van der Waals surface area contributed by atoms with E-state index >= 15 is 0 Å². The van der Waals surface area contributed by atoms with Gasteiger partial charge in [0.2, 0.25) is 0 Å². The quantitative estimate of drug-likeness (QED) is 0.841. The fourth-order valence-corrected chi connectivity index (χ4v) is 3.86. The minimum absolute atomic E-state index is 0.480. The summed E-state index contributed by atoms with van der Waals surface area (Å²) in [5.41, 5.74) is 0.573. The highest BCUT2D eigenvalue weighted by atomic mass is 32.1. The van der Waals surface area contributed by atoms with E-state index < -0.39 is 0 Å². The topological polar surface area (TPSA) is 15.3 Å². The second kappa shape index (κ2) is 7.06. The van der Waals surface area contributed by atoms with Crippen molar-refractivity contribution in [2.75, 3.05) is 20.1 Å². The van der Waals surface area contributed by atoms with Crippen LogP contribution in [0.15, 0.2) is 17.5 Å². The van der Waals surface area contributed by atoms with Crippen molar-refractivity contribution in [3.05, 3.63) is 22.4 Å². The molecule has 0 amide bonds. The smallest absolute Gasteiger partial charge is 0.0386 e. The van der Waals surface area contributed by atoms with E-state index in [2.05, 4.69) is 55.5 Å². The predicted molar refractivity (Wildman–Crippen MR) is 89.4 cm³/mol. The second-order valence-electron chi connectivity index (χ2n) is 7.07. The van der Waals surface area contributed by atoms with Crippen LogP contribution in [0.3, 0.4) is 0 Å². The number of likely N-dealkylation sites (N-methyl/N-ethyl adjacent to an activating group) is 1. The van der Waals surface area contributed by atoms with Crippen LogP contribution in [-0.2, 0) is 0 Å². The van der Waals surface area contributed by atoms with Crippen molar-refractivity contribution in [3.8, 4) is 0 Å². The van der Waals surface area contributed by atoms with Gasteiger partial charge in [0.05, 0.1) is 0 Å². The van der Waals surface area contributed by atoms with Crippen molar-refractivity contribution in [2.24, 2.45) is 5.41 Å². The molecule has 1 aromatic heterocycles. The highest BCUT2D eigenvalue weighted by Gasteiger charge is 2.28. The SMILES string of the molecule is CC(NCCN(C)C1CCC(C)(C)CC1)c1cccs1. The van der Waals surface area contributed by atoms with Crippen molar-refractivity contribution in [1.82, 2.24) is 10.2 Å². The summed E-state index contributed by atoms with van der Waals surface area (Å²) in [6.45, 7) is 9.31. The van der Waals surface area contributed by atoms with Crippen LogP contribution in [0.25, 0.3) is 0 Å². The zero-order valence-corrected chi connectivity index (χ0v) is 14.3. The van der Waals surface area contributed by atoms with E-state index in [0.29, 0.717) is 11.5 Å². The summed E-state index contributed by atoms with van der Waals surface area (Å²) in [5.74, 6) is 0. The maximum atomic E-state index is 3.64. The number of hydrogen-bond donors (Lipinski definition) is 1. The standard InChI is InChI=1S/C17H30N2S/c1-14(16-6-5-13-20-16)18-11-12-19(4)15-7-9-17(2,3)10-8-15/h5-6,13-15,18H,7-12H2,1-4H3. The van der Waals surface area contributed by atoms with Crippen LogP contribution in [0.1, 0.15) is 57.4 Å². The molecule has 1 aliphatic carbocycles. The molecule has 1 unspecified atom stereocenters. The molecule has 2 rings (SSSR count). The van der Waals surface area contributed by atoms with Gasteiger partial charge in [-0.3, -0.25) is 0 Å². The first-order chi connectivity index (χ1) is 9.48. The van der Waals surface area contributed by atoms with E-state index in [0.717, 1.165) is 19.1 Å². The molecule has 1 N–H and O–H groups in total. The summed E-state index contributed by atoms with van der Waals surface area (Å²) in [6, 6.07) is 5.62. The van der Waals surface area contributed by atoms with Gasteiger partial charge < -0.3 is 10.2 Å². The van der Waals surface area contributed by atoms with E-state index in [9.17, 15) is 0 Å². The molecule has 1 aliphatic rings. The van der Waals surface area contributed by atoms with Gasteiger partial charge in [-0.05, 0) is 56.5 Å². The molecule has 0 spiro atoms. The summed E-state index contributed by atoms with van der Waals surface area (Å²) in [7, 11) is 2.29. The van der Waals surface area contributed by atoms with E-state index in [1.807, 2.05) is 11.3 Å². The first-order valence-electron chi connectivity index (χ1n) is 7.95. The van der Waals surface area contributed by atoms with Gasteiger partial charge in [-0.15, -0.1) is 11.3 Å². The van der Waals surface area contributed by atoms with Crippen molar-refractivity contribution < 1.29 is 0 Å². The summed E-state index contributed by atoms with van der Waals surface area (Å²) in [6.07, 6.45) is 5.48. The van der Waals surface area contributed by atoms with E-state index in [1.54, 1.807) is 0 Å².